The summed E-state index contributed by atoms with van der Waals surface area (Å²) in [5.41, 5.74) is 0. The molecule has 3 N–H and O–H groups in total. The highest BCUT2D eigenvalue weighted by Crippen LogP contribution is 2.23. The molecule has 1 aliphatic heterocycles. The van der Waals surface area contributed by atoms with Gasteiger partial charge in [-0.1, -0.05) is 13.8 Å². The summed E-state index contributed by atoms with van der Waals surface area (Å²) in [7, 11) is -3.44. The summed E-state index contributed by atoms with van der Waals surface area (Å²) in [6.45, 7) is 9.48. The molecule has 0 aromatic heterocycles. The lowest BCUT2D eigenvalue weighted by molar-refractivity contribution is 0.404. The minimum atomic E-state index is -3.44. The number of likely N-dealkylation sites (tertiary alicyclic amines) is 1. The van der Waals surface area contributed by atoms with Crippen molar-refractivity contribution in [3.63, 3.8) is 0 Å². The van der Waals surface area contributed by atoms with E-state index in [0.717, 1.165) is 25.6 Å². The molecule has 0 bridgehead atoms. The second kappa shape index (κ2) is 9.83. The zero-order chi connectivity index (χ0) is 15.2. The number of aliphatic imine (C=N–C) groups is 1. The minimum Gasteiger partial charge on any atom is -0.357 e. The van der Waals surface area contributed by atoms with E-state index in [4.69, 9.17) is 5.14 Å². The molecule has 0 aromatic carbocycles. The Balaban J connectivity index is 0.00000400. The van der Waals surface area contributed by atoms with Crippen LogP contribution in [-0.4, -0.2) is 51.2 Å². The number of hydrogen-bond donors (Lipinski definition) is 2. The molecule has 1 atom stereocenters. The van der Waals surface area contributed by atoms with E-state index >= 15 is 0 Å². The van der Waals surface area contributed by atoms with Gasteiger partial charge in [-0.2, -0.15) is 0 Å². The first-order chi connectivity index (χ1) is 9.31. The highest BCUT2D eigenvalue weighted by atomic mass is 127. The van der Waals surface area contributed by atoms with Crippen molar-refractivity contribution in [1.82, 2.24) is 10.2 Å². The van der Waals surface area contributed by atoms with Crippen LogP contribution >= 0.6 is 24.0 Å². The number of nitrogens with one attached hydrogen (secondary N) is 1. The largest absolute Gasteiger partial charge is 0.357 e. The van der Waals surface area contributed by atoms with E-state index in [-0.39, 0.29) is 36.3 Å². The van der Waals surface area contributed by atoms with E-state index in [1.807, 2.05) is 6.92 Å². The van der Waals surface area contributed by atoms with Crippen LogP contribution in [0, 0.1) is 11.8 Å². The van der Waals surface area contributed by atoms with Crippen molar-refractivity contribution in [2.75, 3.05) is 31.9 Å². The molecule has 0 radical (unpaired) electrons. The van der Waals surface area contributed by atoms with Gasteiger partial charge in [0.15, 0.2) is 5.96 Å². The second-order valence-electron chi connectivity index (χ2n) is 5.83. The molecule has 1 fully saturated rings. The maximum Gasteiger partial charge on any atom is 0.210 e. The zero-order valence-corrected chi connectivity index (χ0v) is 16.4. The Bertz CT molecular complexity index is 426. The molecule has 1 rings (SSSR count). The number of rotatable bonds is 6. The molecular weight excluding hydrogens is 403 g/mol. The predicted octanol–water partition coefficient (Wildman–Crippen LogP) is 1.23. The molecule has 1 saturated heterocycles. The van der Waals surface area contributed by atoms with Crippen molar-refractivity contribution in [2.24, 2.45) is 22.0 Å². The van der Waals surface area contributed by atoms with Crippen molar-refractivity contribution >= 4 is 40.0 Å². The van der Waals surface area contributed by atoms with Crippen LogP contribution in [0.1, 0.15) is 33.6 Å². The third-order valence-electron chi connectivity index (χ3n) is 3.36. The summed E-state index contributed by atoms with van der Waals surface area (Å²) in [4.78, 5) is 6.59. The van der Waals surface area contributed by atoms with Crippen LogP contribution in [0.2, 0.25) is 0 Å². The van der Waals surface area contributed by atoms with Crippen LogP contribution in [0.25, 0.3) is 0 Å². The quantitative estimate of drug-likeness (QED) is 0.376. The van der Waals surface area contributed by atoms with Gasteiger partial charge in [-0.05, 0) is 31.6 Å². The number of hydrogen-bond acceptors (Lipinski definition) is 3. The molecule has 0 aliphatic carbocycles. The monoisotopic (exact) mass is 432 g/mol. The van der Waals surface area contributed by atoms with Crippen LogP contribution < -0.4 is 10.5 Å². The van der Waals surface area contributed by atoms with Crippen LogP contribution in [-0.2, 0) is 10.0 Å². The first kappa shape index (κ1) is 20.9. The van der Waals surface area contributed by atoms with Gasteiger partial charge in [0.05, 0.1) is 12.3 Å². The Morgan fingerprint density at radius 1 is 1.48 bits per heavy atom. The fourth-order valence-corrected chi connectivity index (χ4v) is 2.93. The van der Waals surface area contributed by atoms with Gasteiger partial charge in [0.1, 0.15) is 0 Å². The summed E-state index contributed by atoms with van der Waals surface area (Å²) in [5.74, 6) is 2.12. The summed E-state index contributed by atoms with van der Waals surface area (Å²) in [6.07, 6.45) is 2.41. The first-order valence-electron chi connectivity index (χ1n) is 7.35. The maximum absolute atomic E-state index is 10.9. The molecule has 1 aliphatic rings. The van der Waals surface area contributed by atoms with E-state index in [9.17, 15) is 8.42 Å². The van der Waals surface area contributed by atoms with E-state index in [1.165, 1.54) is 12.8 Å². The molecule has 0 saturated carbocycles. The van der Waals surface area contributed by atoms with Crippen LogP contribution in [0.5, 0.6) is 0 Å². The van der Waals surface area contributed by atoms with Gasteiger partial charge in [-0.15, -0.1) is 24.0 Å². The van der Waals surface area contributed by atoms with Crippen molar-refractivity contribution in [2.45, 2.75) is 33.6 Å². The van der Waals surface area contributed by atoms with Gasteiger partial charge in [-0.3, -0.25) is 4.99 Å². The average Bonchev–Trinajstić information content (AvgIpc) is 2.73. The third-order valence-corrected chi connectivity index (χ3v) is 4.11. The Hall–Kier alpha value is -0.0900. The van der Waals surface area contributed by atoms with Crippen LogP contribution in [0.4, 0.5) is 0 Å². The van der Waals surface area contributed by atoms with Crippen LogP contribution in [0.15, 0.2) is 4.99 Å². The van der Waals surface area contributed by atoms with Crippen molar-refractivity contribution in [3.05, 3.63) is 0 Å². The second-order valence-corrected chi connectivity index (χ2v) is 7.57. The SMILES string of the molecule is CCNC(=NCCS(N)(=O)=O)N1CCC(CC(C)C)C1.I. The Morgan fingerprint density at radius 3 is 2.67 bits per heavy atom. The van der Waals surface area contributed by atoms with Crippen molar-refractivity contribution < 1.29 is 8.42 Å². The number of halogens is 1. The van der Waals surface area contributed by atoms with Gasteiger partial charge in [0.25, 0.3) is 0 Å². The van der Waals surface area contributed by atoms with Gasteiger partial charge in [0.2, 0.25) is 10.0 Å². The molecule has 0 spiro atoms. The first-order valence-corrected chi connectivity index (χ1v) is 9.07. The Kier molecular flexibility index (Phi) is 9.79. The van der Waals surface area contributed by atoms with E-state index in [2.05, 4.69) is 29.1 Å². The maximum atomic E-state index is 10.9. The van der Waals surface area contributed by atoms with Gasteiger partial charge < -0.3 is 10.2 Å². The molecular formula is C13H29IN4O2S. The van der Waals surface area contributed by atoms with Gasteiger partial charge in [-0.25, -0.2) is 13.6 Å². The third kappa shape index (κ3) is 8.82. The van der Waals surface area contributed by atoms with E-state index < -0.39 is 10.0 Å². The fourth-order valence-electron chi connectivity index (χ4n) is 2.59. The molecule has 8 heteroatoms. The molecule has 0 aromatic rings. The molecule has 1 heterocycles. The van der Waals surface area contributed by atoms with E-state index in [1.54, 1.807) is 0 Å². The number of nitrogens with zero attached hydrogens (tertiary/aromatic N) is 2. The molecule has 0 amide bonds. The lowest BCUT2D eigenvalue weighted by Gasteiger charge is -2.22. The fraction of sp³-hybridized carbons (Fsp3) is 0.923. The summed E-state index contributed by atoms with van der Waals surface area (Å²) in [5, 5.41) is 8.22. The highest BCUT2D eigenvalue weighted by molar-refractivity contribution is 14.0. The normalized spacial score (nSPS) is 19.8. The molecule has 21 heavy (non-hydrogen) atoms. The standard InChI is InChI=1S/C13H28N4O2S.HI/c1-4-15-13(16-6-8-20(14,18)19)17-7-5-12(10-17)9-11(2)3;/h11-12H,4-10H2,1-3H3,(H,15,16)(H2,14,18,19);1H. The summed E-state index contributed by atoms with van der Waals surface area (Å²) in [6, 6.07) is 0. The Morgan fingerprint density at radius 2 is 2.14 bits per heavy atom. The number of primary sulfonamides is 1. The van der Waals surface area contributed by atoms with E-state index in [0.29, 0.717) is 11.8 Å². The molecule has 1 unspecified atom stereocenters. The van der Waals surface area contributed by atoms with Crippen LogP contribution in [0.3, 0.4) is 0 Å². The van der Waals surface area contributed by atoms with Gasteiger partial charge in [0, 0.05) is 19.6 Å². The number of guanidine groups is 1. The highest BCUT2D eigenvalue weighted by Gasteiger charge is 2.25. The lowest BCUT2D eigenvalue weighted by atomic mass is 9.97. The summed E-state index contributed by atoms with van der Waals surface area (Å²) < 4.78 is 21.9. The number of nitrogens with two attached hydrogens (primary N) is 1. The minimum absolute atomic E-state index is 0. The van der Waals surface area contributed by atoms with Crippen molar-refractivity contribution in [3.8, 4) is 0 Å². The molecule has 126 valence electrons. The van der Waals surface area contributed by atoms with Gasteiger partial charge >= 0.3 is 0 Å². The molecule has 6 nitrogen and oxygen atoms in total. The zero-order valence-electron chi connectivity index (χ0n) is 13.2. The average molecular weight is 432 g/mol. The predicted molar refractivity (Wildman–Crippen MR) is 98.5 cm³/mol. The smallest absolute Gasteiger partial charge is 0.210 e. The summed E-state index contributed by atoms with van der Waals surface area (Å²) >= 11 is 0. The Labute approximate surface area is 146 Å². The van der Waals surface area contributed by atoms with Crippen molar-refractivity contribution in [1.29, 1.82) is 0 Å². The topological polar surface area (TPSA) is 87.8 Å². The number of sulfonamides is 1. The lowest BCUT2D eigenvalue weighted by Crippen LogP contribution is -2.40.